The predicted octanol–water partition coefficient (Wildman–Crippen LogP) is 2.20. The van der Waals surface area contributed by atoms with Crippen LogP contribution in [0, 0.1) is 0 Å². The molecule has 1 heterocycles. The van der Waals surface area contributed by atoms with Gasteiger partial charge in [0.15, 0.2) is 11.5 Å². The van der Waals surface area contributed by atoms with Crippen LogP contribution in [0.25, 0.3) is 11.1 Å². The van der Waals surface area contributed by atoms with Crippen molar-refractivity contribution >= 4 is 0 Å². The highest BCUT2D eigenvalue weighted by Gasteiger charge is 2.19. The number of hydrogen-bond donors (Lipinski definition) is 3. The summed E-state index contributed by atoms with van der Waals surface area (Å²) in [5.41, 5.74) is 0.693. The van der Waals surface area contributed by atoms with E-state index < -0.39 is 0 Å². The third kappa shape index (κ3) is 1.57. The Kier molecular flexibility index (Phi) is 2.19. The number of hydrogen-bond acceptors (Lipinski definition) is 5. The minimum absolute atomic E-state index is 0.000123. The summed E-state index contributed by atoms with van der Waals surface area (Å²) in [6, 6.07) is 7.07. The van der Waals surface area contributed by atoms with Crippen molar-refractivity contribution in [2.45, 2.75) is 0 Å². The smallest absolute Gasteiger partial charge is 0.231 e. The van der Waals surface area contributed by atoms with Crippen LogP contribution in [0.1, 0.15) is 0 Å². The Bertz CT molecular complexity index is 621. The van der Waals surface area contributed by atoms with Crippen molar-refractivity contribution in [2.24, 2.45) is 0 Å². The van der Waals surface area contributed by atoms with Crippen molar-refractivity contribution in [1.29, 1.82) is 0 Å². The van der Waals surface area contributed by atoms with Crippen LogP contribution in [0.2, 0.25) is 0 Å². The third-order valence-electron chi connectivity index (χ3n) is 2.76. The number of ether oxygens (including phenoxy) is 2. The number of phenols is 3. The monoisotopic (exact) mass is 246 g/mol. The van der Waals surface area contributed by atoms with Gasteiger partial charge in [0.1, 0.15) is 17.2 Å². The second-order valence-corrected chi connectivity index (χ2v) is 3.92. The van der Waals surface area contributed by atoms with Crippen LogP contribution in [0.5, 0.6) is 28.7 Å². The molecule has 92 valence electrons. The van der Waals surface area contributed by atoms with E-state index in [0.29, 0.717) is 22.6 Å². The zero-order chi connectivity index (χ0) is 12.7. The first kappa shape index (κ1) is 10.6. The van der Waals surface area contributed by atoms with E-state index in [1.807, 2.05) is 0 Å². The van der Waals surface area contributed by atoms with E-state index in [1.165, 1.54) is 24.3 Å². The van der Waals surface area contributed by atoms with Crippen LogP contribution in [0.15, 0.2) is 30.3 Å². The lowest BCUT2D eigenvalue weighted by molar-refractivity contribution is 0.174. The van der Waals surface area contributed by atoms with E-state index in [9.17, 15) is 15.3 Å². The number of benzene rings is 2. The van der Waals surface area contributed by atoms with Gasteiger partial charge in [-0.15, -0.1) is 0 Å². The molecular weight excluding hydrogens is 236 g/mol. The standard InChI is InChI=1S/C13H10O5/c14-7-1-2-10(15)8(3-7)9-4-12-13(5-11(9)16)18-6-17-12/h1-5,14-16H,6H2. The summed E-state index contributed by atoms with van der Waals surface area (Å²) in [5, 5.41) is 29.1. The maximum absolute atomic E-state index is 9.92. The molecule has 0 spiro atoms. The average Bonchev–Trinajstić information content (AvgIpc) is 2.78. The summed E-state index contributed by atoms with van der Waals surface area (Å²) >= 11 is 0. The Balaban J connectivity index is 2.20. The van der Waals surface area contributed by atoms with E-state index in [-0.39, 0.29) is 24.0 Å². The van der Waals surface area contributed by atoms with E-state index >= 15 is 0 Å². The maximum atomic E-state index is 9.92. The SMILES string of the molecule is Oc1ccc(O)c(-c2cc3c(cc2O)OCO3)c1. The summed E-state index contributed by atoms with van der Waals surface area (Å²) in [4.78, 5) is 0. The summed E-state index contributed by atoms with van der Waals surface area (Å²) in [5.74, 6) is 0.850. The van der Waals surface area contributed by atoms with Crippen molar-refractivity contribution in [2.75, 3.05) is 6.79 Å². The zero-order valence-electron chi connectivity index (χ0n) is 9.25. The molecule has 0 aromatic heterocycles. The first-order valence-electron chi connectivity index (χ1n) is 5.30. The fraction of sp³-hybridized carbons (Fsp3) is 0.0769. The van der Waals surface area contributed by atoms with Crippen LogP contribution in [-0.4, -0.2) is 22.1 Å². The Morgan fingerprint density at radius 2 is 1.44 bits per heavy atom. The molecule has 0 aliphatic carbocycles. The molecule has 3 N–H and O–H groups in total. The van der Waals surface area contributed by atoms with Crippen molar-refractivity contribution in [3.8, 4) is 39.9 Å². The third-order valence-corrected chi connectivity index (χ3v) is 2.76. The van der Waals surface area contributed by atoms with Gasteiger partial charge in [-0.3, -0.25) is 0 Å². The highest BCUT2D eigenvalue weighted by atomic mass is 16.7. The minimum atomic E-state index is -0.0554. The first-order valence-corrected chi connectivity index (χ1v) is 5.30. The molecule has 0 saturated heterocycles. The van der Waals surface area contributed by atoms with E-state index in [0.717, 1.165) is 0 Å². The first-order chi connectivity index (χ1) is 8.65. The number of phenolic OH excluding ortho intramolecular Hbond substituents is 3. The molecule has 0 bridgehead atoms. The molecule has 2 aromatic rings. The van der Waals surface area contributed by atoms with Crippen molar-refractivity contribution < 1.29 is 24.8 Å². The van der Waals surface area contributed by atoms with Crippen molar-refractivity contribution in [3.05, 3.63) is 30.3 Å². The fourth-order valence-electron chi connectivity index (χ4n) is 1.89. The molecule has 2 aromatic carbocycles. The summed E-state index contributed by atoms with van der Waals surface area (Å²) in [7, 11) is 0. The Labute approximate surface area is 102 Å². The Morgan fingerprint density at radius 3 is 2.22 bits per heavy atom. The van der Waals surface area contributed by atoms with Crippen LogP contribution >= 0.6 is 0 Å². The molecule has 0 unspecified atom stereocenters. The molecule has 1 aliphatic rings. The molecule has 0 amide bonds. The lowest BCUT2D eigenvalue weighted by atomic mass is 10.0. The van der Waals surface area contributed by atoms with Gasteiger partial charge in [-0.05, 0) is 24.3 Å². The van der Waals surface area contributed by atoms with Gasteiger partial charge in [0.2, 0.25) is 6.79 Å². The van der Waals surface area contributed by atoms with Gasteiger partial charge < -0.3 is 24.8 Å². The summed E-state index contributed by atoms with van der Waals surface area (Å²) < 4.78 is 10.3. The van der Waals surface area contributed by atoms with Crippen LogP contribution in [-0.2, 0) is 0 Å². The highest BCUT2D eigenvalue weighted by Crippen LogP contribution is 2.44. The van der Waals surface area contributed by atoms with Crippen molar-refractivity contribution in [1.82, 2.24) is 0 Å². The minimum Gasteiger partial charge on any atom is -0.508 e. The van der Waals surface area contributed by atoms with Gasteiger partial charge in [-0.2, -0.15) is 0 Å². The lowest BCUT2D eigenvalue weighted by Gasteiger charge is -2.08. The van der Waals surface area contributed by atoms with Gasteiger partial charge in [0.05, 0.1) is 0 Å². The maximum Gasteiger partial charge on any atom is 0.231 e. The zero-order valence-corrected chi connectivity index (χ0v) is 9.25. The van der Waals surface area contributed by atoms with E-state index in [1.54, 1.807) is 6.07 Å². The second-order valence-electron chi connectivity index (χ2n) is 3.92. The summed E-state index contributed by atoms with van der Waals surface area (Å²) in [6.07, 6.45) is 0. The van der Waals surface area contributed by atoms with Crippen molar-refractivity contribution in [3.63, 3.8) is 0 Å². The molecule has 0 atom stereocenters. The molecule has 0 radical (unpaired) electrons. The van der Waals surface area contributed by atoms with Crippen LogP contribution < -0.4 is 9.47 Å². The van der Waals surface area contributed by atoms with E-state index in [2.05, 4.69) is 0 Å². The molecule has 5 heteroatoms. The highest BCUT2D eigenvalue weighted by molar-refractivity contribution is 5.79. The predicted molar refractivity (Wildman–Crippen MR) is 63.0 cm³/mol. The largest absolute Gasteiger partial charge is 0.508 e. The molecule has 5 nitrogen and oxygen atoms in total. The topological polar surface area (TPSA) is 79.2 Å². The van der Waals surface area contributed by atoms with Gasteiger partial charge in [0, 0.05) is 17.2 Å². The molecule has 18 heavy (non-hydrogen) atoms. The normalized spacial score (nSPS) is 12.7. The average molecular weight is 246 g/mol. The molecule has 1 aliphatic heterocycles. The van der Waals surface area contributed by atoms with Crippen LogP contribution in [0.3, 0.4) is 0 Å². The fourth-order valence-corrected chi connectivity index (χ4v) is 1.89. The summed E-state index contributed by atoms with van der Waals surface area (Å²) in [6.45, 7) is 0.101. The Morgan fingerprint density at radius 1 is 0.778 bits per heavy atom. The number of fused-ring (bicyclic) bond motifs is 1. The van der Waals surface area contributed by atoms with E-state index in [4.69, 9.17) is 9.47 Å². The van der Waals surface area contributed by atoms with Crippen LogP contribution in [0.4, 0.5) is 0 Å². The molecular formula is C13H10O5. The van der Waals surface area contributed by atoms with Gasteiger partial charge >= 0.3 is 0 Å². The quantitative estimate of drug-likeness (QED) is 0.672. The Hall–Kier alpha value is -2.56. The second kappa shape index (κ2) is 3.73. The van der Waals surface area contributed by atoms with Gasteiger partial charge in [0.25, 0.3) is 0 Å². The van der Waals surface area contributed by atoms with Gasteiger partial charge in [-0.1, -0.05) is 0 Å². The molecule has 0 fully saturated rings. The molecule has 0 saturated carbocycles. The lowest BCUT2D eigenvalue weighted by Crippen LogP contribution is -1.92. The number of rotatable bonds is 1. The van der Waals surface area contributed by atoms with Gasteiger partial charge in [-0.25, -0.2) is 0 Å². The molecule has 3 rings (SSSR count). The number of aromatic hydroxyl groups is 3.